The minimum Gasteiger partial charge on any atom is -0.278 e. The van der Waals surface area contributed by atoms with Gasteiger partial charge < -0.3 is 0 Å². The van der Waals surface area contributed by atoms with Crippen molar-refractivity contribution in [1.82, 2.24) is 19.5 Å². The fraction of sp³-hybridized carbons (Fsp3) is 0.189. The Morgan fingerprint density at radius 2 is 1.05 bits per heavy atom. The lowest BCUT2D eigenvalue weighted by Gasteiger charge is -2.61. The maximum absolute atomic E-state index is 5.24. The van der Waals surface area contributed by atoms with Crippen LogP contribution < -0.4 is 0 Å². The summed E-state index contributed by atoms with van der Waals surface area (Å²) in [6.45, 7) is 0. The molecule has 0 aliphatic heterocycles. The van der Waals surface area contributed by atoms with Gasteiger partial charge >= 0.3 is 0 Å². The van der Waals surface area contributed by atoms with Crippen LogP contribution in [0, 0.1) is 23.7 Å². The van der Waals surface area contributed by atoms with E-state index in [0.29, 0.717) is 17.6 Å². The highest BCUT2D eigenvalue weighted by Gasteiger charge is 2.61. The molecular formula is C53H40N4. The molecule has 0 atom stereocenters. The van der Waals surface area contributed by atoms with Gasteiger partial charge in [-0.3, -0.25) is 4.57 Å². The largest absolute Gasteiger partial charge is 0.278 e. The van der Waals surface area contributed by atoms with Gasteiger partial charge in [-0.1, -0.05) is 127 Å². The Kier molecular flexibility index (Phi) is 6.59. The van der Waals surface area contributed by atoms with Crippen LogP contribution in [0.25, 0.3) is 83.6 Å². The topological polar surface area (TPSA) is 43.6 Å². The van der Waals surface area contributed by atoms with Crippen molar-refractivity contribution >= 4 is 32.6 Å². The van der Waals surface area contributed by atoms with Gasteiger partial charge in [-0.05, 0) is 130 Å². The van der Waals surface area contributed by atoms with E-state index in [2.05, 4.69) is 144 Å². The molecule has 57 heavy (non-hydrogen) atoms. The third kappa shape index (κ3) is 4.53. The van der Waals surface area contributed by atoms with E-state index < -0.39 is 0 Å². The number of benzene rings is 7. The average Bonchev–Trinajstić information content (AvgIpc) is 3.75. The van der Waals surface area contributed by atoms with E-state index in [0.717, 1.165) is 51.2 Å². The van der Waals surface area contributed by atoms with Gasteiger partial charge in [0.15, 0.2) is 11.6 Å². The first-order valence-electron chi connectivity index (χ1n) is 20.8. The van der Waals surface area contributed by atoms with Gasteiger partial charge in [0.2, 0.25) is 5.95 Å². The standard InChI is InChI=1S/C53H40N4/c1-2-11-35(12-3-1)50-54-51(39-19-18-34-10-4-5-13-36(34)29-39)56-52(55-50)57-48-17-9-7-15-44(48)45-30-37(21-23-49(45)57)38-20-22-43-42-14-6-8-16-46(42)53(47(43)31-38)40-25-32-24-33(27-40)28-41(53)26-32/h1-23,29-33,40-41H,24-28H2. The SMILES string of the molecule is c1ccc(-c2nc(-c3ccc4ccccc4c3)nc(-n3c4ccccc4c4cc(-c5ccc6c(c5)C5(c7ccccc7-6)C6CC7CC(C6)CC5C7)ccc43)n2)cc1. The number of fused-ring (bicyclic) bond motifs is 7. The minimum atomic E-state index is 0.146. The Balaban J connectivity index is 0.986. The molecule has 4 fully saturated rings. The van der Waals surface area contributed by atoms with E-state index in [4.69, 9.17) is 15.0 Å². The van der Waals surface area contributed by atoms with Gasteiger partial charge in [-0.2, -0.15) is 9.97 Å². The zero-order valence-corrected chi connectivity index (χ0v) is 31.6. The molecular weight excluding hydrogens is 693 g/mol. The third-order valence-electron chi connectivity index (χ3n) is 14.4. The number of aromatic nitrogens is 4. The first-order valence-corrected chi connectivity index (χ1v) is 20.8. The Hall–Kier alpha value is -6.39. The monoisotopic (exact) mass is 732 g/mol. The van der Waals surface area contributed by atoms with E-state index in [1.54, 1.807) is 11.1 Å². The molecule has 0 unspecified atom stereocenters. The van der Waals surface area contributed by atoms with E-state index in [9.17, 15) is 0 Å². The molecule has 2 heterocycles. The summed E-state index contributed by atoms with van der Waals surface area (Å²) in [5, 5.41) is 4.74. The van der Waals surface area contributed by atoms with Crippen LogP contribution in [0.15, 0.2) is 158 Å². The van der Waals surface area contributed by atoms with Crippen molar-refractivity contribution in [3.8, 4) is 51.0 Å². The maximum Gasteiger partial charge on any atom is 0.238 e. The predicted molar refractivity (Wildman–Crippen MR) is 231 cm³/mol. The van der Waals surface area contributed by atoms with Crippen LogP contribution in [0.3, 0.4) is 0 Å². The fourth-order valence-corrected chi connectivity index (χ4v) is 12.3. The highest BCUT2D eigenvalue weighted by atomic mass is 15.2. The van der Waals surface area contributed by atoms with Crippen LogP contribution in [0.4, 0.5) is 0 Å². The highest BCUT2D eigenvalue weighted by Crippen LogP contribution is 2.69. The Morgan fingerprint density at radius 1 is 0.421 bits per heavy atom. The second-order valence-corrected chi connectivity index (χ2v) is 17.3. The number of hydrogen-bond donors (Lipinski definition) is 0. The van der Waals surface area contributed by atoms with E-state index >= 15 is 0 Å². The molecule has 2 aromatic heterocycles. The van der Waals surface area contributed by atoms with Gasteiger partial charge in [0.1, 0.15) is 0 Å². The lowest BCUT2D eigenvalue weighted by atomic mass is 9.43. The molecule has 0 radical (unpaired) electrons. The lowest BCUT2D eigenvalue weighted by molar-refractivity contribution is -0.0399. The normalized spacial score (nSPS) is 22.8. The molecule has 0 N–H and O–H groups in total. The van der Waals surface area contributed by atoms with Crippen LogP contribution in [-0.4, -0.2) is 19.5 Å². The molecule has 4 bridgehead atoms. The second-order valence-electron chi connectivity index (χ2n) is 17.3. The number of nitrogens with zero attached hydrogens (tertiary/aromatic N) is 4. The van der Waals surface area contributed by atoms with Crippen LogP contribution in [0.1, 0.15) is 43.2 Å². The molecule has 1 spiro atoms. The van der Waals surface area contributed by atoms with Crippen molar-refractivity contribution in [2.45, 2.75) is 37.5 Å². The summed E-state index contributed by atoms with van der Waals surface area (Å²) < 4.78 is 2.23. The number of rotatable bonds is 4. The highest BCUT2D eigenvalue weighted by molar-refractivity contribution is 6.10. The van der Waals surface area contributed by atoms with E-state index in [-0.39, 0.29) is 5.41 Å². The number of para-hydroxylation sites is 1. The summed E-state index contributed by atoms with van der Waals surface area (Å²) in [5.74, 6) is 5.27. The van der Waals surface area contributed by atoms with Crippen LogP contribution in [0.5, 0.6) is 0 Å². The zero-order chi connectivity index (χ0) is 37.2. The quantitative estimate of drug-likeness (QED) is 0.181. The average molecular weight is 733 g/mol. The molecule has 0 amide bonds. The molecule has 5 aliphatic rings. The predicted octanol–water partition coefficient (Wildman–Crippen LogP) is 12.8. The molecule has 4 saturated carbocycles. The molecule has 0 saturated heterocycles. The first kappa shape index (κ1) is 31.8. The van der Waals surface area contributed by atoms with Crippen molar-refractivity contribution in [2.24, 2.45) is 23.7 Å². The van der Waals surface area contributed by atoms with Crippen molar-refractivity contribution in [1.29, 1.82) is 0 Å². The molecule has 4 heteroatoms. The van der Waals surface area contributed by atoms with E-state index in [1.165, 1.54) is 70.5 Å². The summed E-state index contributed by atoms with van der Waals surface area (Å²) in [6, 6.07) is 57.7. The first-order chi connectivity index (χ1) is 28.2. The van der Waals surface area contributed by atoms with Gasteiger partial charge in [0.05, 0.1) is 11.0 Å². The lowest BCUT2D eigenvalue weighted by Crippen LogP contribution is -2.55. The van der Waals surface area contributed by atoms with Crippen LogP contribution in [0.2, 0.25) is 0 Å². The van der Waals surface area contributed by atoms with Crippen molar-refractivity contribution < 1.29 is 0 Å². The molecule has 14 rings (SSSR count). The van der Waals surface area contributed by atoms with Gasteiger partial charge in [0, 0.05) is 27.3 Å². The molecule has 4 nitrogen and oxygen atoms in total. The fourth-order valence-electron chi connectivity index (χ4n) is 12.3. The molecule has 9 aromatic rings. The second kappa shape index (κ2) is 11.8. The Morgan fingerprint density at radius 3 is 1.89 bits per heavy atom. The van der Waals surface area contributed by atoms with Gasteiger partial charge in [-0.15, -0.1) is 0 Å². The van der Waals surface area contributed by atoms with Gasteiger partial charge in [0.25, 0.3) is 0 Å². The molecule has 272 valence electrons. The van der Waals surface area contributed by atoms with Gasteiger partial charge in [-0.25, -0.2) is 4.98 Å². The number of hydrogen-bond acceptors (Lipinski definition) is 3. The van der Waals surface area contributed by atoms with Crippen molar-refractivity contribution in [2.75, 3.05) is 0 Å². The minimum absolute atomic E-state index is 0.146. The summed E-state index contributed by atoms with van der Waals surface area (Å²) in [7, 11) is 0. The zero-order valence-electron chi connectivity index (χ0n) is 31.6. The van der Waals surface area contributed by atoms with Crippen LogP contribution >= 0.6 is 0 Å². The Bertz CT molecular complexity index is 3070. The van der Waals surface area contributed by atoms with Crippen molar-refractivity contribution in [3.63, 3.8) is 0 Å². The summed E-state index contributed by atoms with van der Waals surface area (Å²) in [4.78, 5) is 15.5. The van der Waals surface area contributed by atoms with Crippen molar-refractivity contribution in [3.05, 3.63) is 169 Å². The van der Waals surface area contributed by atoms with E-state index in [1.807, 2.05) is 18.2 Å². The summed E-state index contributed by atoms with van der Waals surface area (Å²) in [5.41, 5.74) is 12.9. The third-order valence-corrected chi connectivity index (χ3v) is 14.4. The smallest absolute Gasteiger partial charge is 0.238 e. The molecule has 7 aromatic carbocycles. The van der Waals surface area contributed by atoms with Crippen LogP contribution in [-0.2, 0) is 5.41 Å². The summed E-state index contributed by atoms with van der Waals surface area (Å²) >= 11 is 0. The molecule has 5 aliphatic carbocycles. The Labute approximate surface area is 331 Å². The maximum atomic E-state index is 5.24. The summed E-state index contributed by atoms with van der Waals surface area (Å²) in [6.07, 6.45) is 7.03.